The Labute approximate surface area is 158 Å². The molecular formula is C19H15F2N3O4. The lowest BCUT2D eigenvalue weighted by molar-refractivity contribution is 0.102. The van der Waals surface area contributed by atoms with Crippen molar-refractivity contribution in [3.8, 4) is 17.2 Å². The number of ether oxygens (including phenoxy) is 2. The van der Waals surface area contributed by atoms with Gasteiger partial charge in [-0.3, -0.25) is 14.2 Å². The lowest BCUT2D eigenvalue weighted by Gasteiger charge is -2.10. The van der Waals surface area contributed by atoms with Gasteiger partial charge in [0.1, 0.15) is 11.5 Å². The molecule has 1 aromatic heterocycles. The molecule has 0 fully saturated rings. The Hall–Kier alpha value is -3.75. The molecule has 1 amide bonds. The average molecular weight is 387 g/mol. The summed E-state index contributed by atoms with van der Waals surface area (Å²) in [7, 11) is 2.88. The fraction of sp³-hybridized carbons (Fsp3) is 0.105. The number of anilines is 1. The predicted octanol–water partition coefficient (Wildman–Crippen LogP) is 2.78. The lowest BCUT2D eigenvalue weighted by Crippen LogP contribution is -2.26. The summed E-state index contributed by atoms with van der Waals surface area (Å²) in [6.45, 7) is 0. The van der Waals surface area contributed by atoms with Crippen LogP contribution in [0.4, 0.5) is 14.6 Å². The zero-order chi connectivity index (χ0) is 20.3. The first-order valence-electron chi connectivity index (χ1n) is 8.00. The molecule has 1 N–H and O–H groups in total. The van der Waals surface area contributed by atoms with Crippen molar-refractivity contribution in [2.45, 2.75) is 0 Å². The minimum Gasteiger partial charge on any atom is -0.497 e. The number of nitrogens with one attached hydrogen (secondary N) is 1. The van der Waals surface area contributed by atoms with Crippen molar-refractivity contribution >= 4 is 11.7 Å². The molecule has 7 nitrogen and oxygen atoms in total. The molecule has 0 atom stereocenters. The molecule has 0 unspecified atom stereocenters. The van der Waals surface area contributed by atoms with Gasteiger partial charge in [0.25, 0.3) is 11.5 Å². The number of amides is 1. The molecule has 0 aliphatic rings. The first kappa shape index (κ1) is 19.0. The number of hydrogen-bond donors (Lipinski definition) is 1. The van der Waals surface area contributed by atoms with Crippen molar-refractivity contribution in [2.24, 2.45) is 0 Å². The highest BCUT2D eigenvalue weighted by Crippen LogP contribution is 2.23. The third kappa shape index (κ3) is 3.83. The van der Waals surface area contributed by atoms with E-state index in [4.69, 9.17) is 9.47 Å². The number of carbonyl (C=O) groups is 1. The molecular weight excluding hydrogens is 372 g/mol. The van der Waals surface area contributed by atoms with Crippen LogP contribution in [0.1, 0.15) is 10.4 Å². The van der Waals surface area contributed by atoms with Crippen LogP contribution in [0.5, 0.6) is 11.5 Å². The maximum Gasteiger partial charge on any atom is 0.298 e. The van der Waals surface area contributed by atoms with Gasteiger partial charge < -0.3 is 14.8 Å². The van der Waals surface area contributed by atoms with Crippen LogP contribution in [0.2, 0.25) is 0 Å². The molecule has 0 aliphatic heterocycles. The molecule has 1 heterocycles. The second-order valence-corrected chi connectivity index (χ2v) is 5.60. The summed E-state index contributed by atoms with van der Waals surface area (Å²) in [6, 6.07) is 7.53. The lowest BCUT2D eigenvalue weighted by atomic mass is 10.2. The Morgan fingerprint density at radius 3 is 2.32 bits per heavy atom. The zero-order valence-corrected chi connectivity index (χ0v) is 14.9. The molecule has 9 heteroatoms. The van der Waals surface area contributed by atoms with Crippen molar-refractivity contribution in [3.63, 3.8) is 0 Å². The van der Waals surface area contributed by atoms with E-state index >= 15 is 0 Å². The van der Waals surface area contributed by atoms with E-state index in [0.717, 1.165) is 16.7 Å². The van der Waals surface area contributed by atoms with E-state index in [2.05, 4.69) is 10.3 Å². The molecule has 0 bridgehead atoms. The van der Waals surface area contributed by atoms with Gasteiger partial charge in [-0.05, 0) is 24.3 Å². The minimum absolute atomic E-state index is 0.0878. The van der Waals surface area contributed by atoms with Crippen LogP contribution in [-0.4, -0.2) is 29.7 Å². The summed E-state index contributed by atoms with van der Waals surface area (Å²) < 4.78 is 37.9. The molecule has 3 aromatic rings. The highest BCUT2D eigenvalue weighted by atomic mass is 19.2. The topological polar surface area (TPSA) is 82.4 Å². The summed E-state index contributed by atoms with van der Waals surface area (Å²) in [5.41, 5.74) is -0.442. The summed E-state index contributed by atoms with van der Waals surface area (Å²) in [5.74, 6) is -2.25. The van der Waals surface area contributed by atoms with E-state index in [1.807, 2.05) is 0 Å². The van der Waals surface area contributed by atoms with E-state index in [1.165, 1.54) is 44.8 Å². The molecule has 0 saturated carbocycles. The van der Waals surface area contributed by atoms with Crippen LogP contribution >= 0.6 is 0 Å². The summed E-state index contributed by atoms with van der Waals surface area (Å²) in [6.07, 6.45) is 2.53. The first-order chi connectivity index (χ1) is 13.4. The number of aromatic nitrogens is 2. The van der Waals surface area contributed by atoms with Crippen molar-refractivity contribution in [2.75, 3.05) is 19.5 Å². The quantitative estimate of drug-likeness (QED) is 0.728. The van der Waals surface area contributed by atoms with Gasteiger partial charge in [-0.25, -0.2) is 13.8 Å². The van der Waals surface area contributed by atoms with Gasteiger partial charge in [-0.15, -0.1) is 0 Å². The number of hydrogen-bond acceptors (Lipinski definition) is 5. The SMILES string of the molecule is COc1cc(OC)cc(C(=O)Nc2nccn(-c3ccc(F)c(F)c3)c2=O)c1. The van der Waals surface area contributed by atoms with E-state index < -0.39 is 23.1 Å². The van der Waals surface area contributed by atoms with Crippen LogP contribution < -0.4 is 20.3 Å². The molecule has 0 radical (unpaired) electrons. The first-order valence-corrected chi connectivity index (χ1v) is 8.00. The second-order valence-electron chi connectivity index (χ2n) is 5.60. The predicted molar refractivity (Wildman–Crippen MR) is 97.2 cm³/mol. The maximum absolute atomic E-state index is 13.5. The van der Waals surface area contributed by atoms with E-state index in [-0.39, 0.29) is 17.1 Å². The van der Waals surface area contributed by atoms with Crippen molar-refractivity contribution < 1.29 is 23.0 Å². The maximum atomic E-state index is 13.5. The normalized spacial score (nSPS) is 10.4. The number of halogens is 2. The van der Waals surface area contributed by atoms with E-state index in [1.54, 1.807) is 6.07 Å². The highest BCUT2D eigenvalue weighted by molar-refractivity contribution is 6.04. The van der Waals surface area contributed by atoms with Gasteiger partial charge in [0.15, 0.2) is 17.5 Å². The number of carbonyl (C=O) groups excluding carboxylic acids is 1. The fourth-order valence-corrected chi connectivity index (χ4v) is 2.45. The monoisotopic (exact) mass is 387 g/mol. The number of rotatable bonds is 5. The number of methoxy groups -OCH3 is 2. The molecule has 0 saturated heterocycles. The van der Waals surface area contributed by atoms with Crippen LogP contribution in [0, 0.1) is 11.6 Å². The van der Waals surface area contributed by atoms with Gasteiger partial charge in [-0.1, -0.05) is 0 Å². The Balaban J connectivity index is 1.94. The Morgan fingerprint density at radius 2 is 1.71 bits per heavy atom. The average Bonchev–Trinajstić information content (AvgIpc) is 2.71. The molecule has 3 rings (SSSR count). The van der Waals surface area contributed by atoms with Crippen LogP contribution in [0.15, 0.2) is 53.6 Å². The fourth-order valence-electron chi connectivity index (χ4n) is 2.45. The van der Waals surface area contributed by atoms with E-state index in [9.17, 15) is 18.4 Å². The molecule has 2 aromatic carbocycles. The zero-order valence-electron chi connectivity index (χ0n) is 14.9. The Bertz CT molecular complexity index is 1080. The number of nitrogens with zero attached hydrogens (tertiary/aromatic N) is 2. The molecule has 144 valence electrons. The van der Waals surface area contributed by atoms with Gasteiger partial charge in [-0.2, -0.15) is 0 Å². The van der Waals surface area contributed by atoms with Crippen molar-refractivity contribution in [1.82, 2.24) is 9.55 Å². The second kappa shape index (κ2) is 7.87. The third-order valence-corrected chi connectivity index (χ3v) is 3.87. The van der Waals surface area contributed by atoms with E-state index in [0.29, 0.717) is 11.5 Å². The molecule has 28 heavy (non-hydrogen) atoms. The highest BCUT2D eigenvalue weighted by Gasteiger charge is 2.15. The third-order valence-electron chi connectivity index (χ3n) is 3.87. The van der Waals surface area contributed by atoms with Gasteiger partial charge >= 0.3 is 0 Å². The smallest absolute Gasteiger partial charge is 0.298 e. The molecule has 0 spiro atoms. The van der Waals surface area contributed by atoms with Crippen LogP contribution in [0.25, 0.3) is 5.69 Å². The standard InChI is InChI=1S/C19H15F2N3O4/c1-27-13-7-11(8-14(10-13)28-2)18(25)23-17-19(26)24(6-5-22-17)12-3-4-15(20)16(21)9-12/h3-10H,1-2H3,(H,22,23,25). The van der Waals surface area contributed by atoms with Gasteiger partial charge in [0.2, 0.25) is 0 Å². The van der Waals surface area contributed by atoms with Gasteiger partial charge in [0.05, 0.1) is 19.9 Å². The van der Waals surface area contributed by atoms with Crippen LogP contribution in [-0.2, 0) is 0 Å². The Morgan fingerprint density at radius 1 is 1.04 bits per heavy atom. The summed E-state index contributed by atoms with van der Waals surface area (Å²) in [4.78, 5) is 29.0. The van der Waals surface area contributed by atoms with Crippen molar-refractivity contribution in [1.29, 1.82) is 0 Å². The Kier molecular flexibility index (Phi) is 5.35. The van der Waals surface area contributed by atoms with Gasteiger partial charge in [0, 0.05) is 30.1 Å². The summed E-state index contributed by atoms with van der Waals surface area (Å²) >= 11 is 0. The minimum atomic E-state index is -1.10. The largest absolute Gasteiger partial charge is 0.497 e. The van der Waals surface area contributed by atoms with Crippen LogP contribution in [0.3, 0.4) is 0 Å². The summed E-state index contributed by atoms with van der Waals surface area (Å²) in [5, 5.41) is 2.40. The van der Waals surface area contributed by atoms with Crippen molar-refractivity contribution in [3.05, 3.63) is 76.3 Å². The molecule has 0 aliphatic carbocycles. The number of benzene rings is 2.